The summed E-state index contributed by atoms with van der Waals surface area (Å²) in [5.41, 5.74) is 6.68. The van der Waals surface area contributed by atoms with Crippen molar-refractivity contribution in [2.75, 3.05) is 17.6 Å². The molecular weight excluding hydrogens is 236 g/mol. The van der Waals surface area contributed by atoms with Crippen molar-refractivity contribution in [3.8, 4) is 6.07 Å². The van der Waals surface area contributed by atoms with E-state index < -0.39 is 0 Å². The van der Waals surface area contributed by atoms with Crippen LogP contribution >= 0.6 is 0 Å². The Labute approximate surface area is 115 Å². The van der Waals surface area contributed by atoms with Gasteiger partial charge in [-0.2, -0.15) is 5.26 Å². The number of anilines is 2. The summed E-state index contributed by atoms with van der Waals surface area (Å²) in [4.78, 5) is 4.19. The molecule has 1 heterocycles. The minimum atomic E-state index is 0.525. The molecule has 4 nitrogen and oxygen atoms in total. The molecule has 0 radical (unpaired) electrons. The molecule has 1 fully saturated rings. The molecule has 1 aromatic rings. The van der Waals surface area contributed by atoms with E-state index in [0.717, 1.165) is 24.8 Å². The summed E-state index contributed by atoms with van der Waals surface area (Å²) < 4.78 is 0. The summed E-state index contributed by atoms with van der Waals surface area (Å²) in [6, 6.07) is 3.79. The lowest BCUT2D eigenvalue weighted by Gasteiger charge is -2.26. The molecule has 0 unspecified atom stereocenters. The summed E-state index contributed by atoms with van der Waals surface area (Å²) in [5, 5.41) is 12.3. The minimum absolute atomic E-state index is 0.525. The lowest BCUT2D eigenvalue weighted by Crippen LogP contribution is -2.16. The fourth-order valence-corrected chi connectivity index (χ4v) is 2.72. The van der Waals surface area contributed by atoms with Crippen molar-refractivity contribution in [2.24, 2.45) is 11.8 Å². The Kier molecular flexibility index (Phi) is 4.62. The highest BCUT2D eigenvalue weighted by molar-refractivity contribution is 5.57. The van der Waals surface area contributed by atoms with Gasteiger partial charge in [0.15, 0.2) is 0 Å². The van der Waals surface area contributed by atoms with Gasteiger partial charge in [0.25, 0.3) is 0 Å². The van der Waals surface area contributed by atoms with Gasteiger partial charge in [0.1, 0.15) is 11.9 Å². The van der Waals surface area contributed by atoms with Crippen LogP contribution in [0.2, 0.25) is 0 Å². The first-order chi connectivity index (χ1) is 9.19. The Morgan fingerprint density at radius 1 is 1.42 bits per heavy atom. The Morgan fingerprint density at radius 2 is 2.16 bits per heavy atom. The van der Waals surface area contributed by atoms with Crippen molar-refractivity contribution in [3.63, 3.8) is 0 Å². The topological polar surface area (TPSA) is 74.7 Å². The maximum atomic E-state index is 9.03. The van der Waals surface area contributed by atoms with Crippen LogP contribution in [0, 0.1) is 23.2 Å². The Balaban J connectivity index is 1.81. The number of nitrogens with one attached hydrogen (secondary N) is 1. The molecule has 19 heavy (non-hydrogen) atoms. The maximum Gasteiger partial charge on any atom is 0.144 e. The molecule has 0 aromatic carbocycles. The van der Waals surface area contributed by atoms with Gasteiger partial charge >= 0.3 is 0 Å². The lowest BCUT2D eigenvalue weighted by atomic mass is 9.81. The van der Waals surface area contributed by atoms with Crippen LogP contribution in [-0.4, -0.2) is 11.5 Å². The highest BCUT2D eigenvalue weighted by Crippen LogP contribution is 2.30. The maximum absolute atomic E-state index is 9.03. The number of hydrogen-bond donors (Lipinski definition) is 2. The van der Waals surface area contributed by atoms with Gasteiger partial charge in [-0.05, 0) is 24.3 Å². The first-order valence-corrected chi connectivity index (χ1v) is 7.08. The number of aromatic nitrogens is 1. The molecule has 4 heteroatoms. The quantitative estimate of drug-likeness (QED) is 0.869. The third-order valence-corrected chi connectivity index (χ3v) is 4.01. The van der Waals surface area contributed by atoms with Crippen molar-refractivity contribution < 1.29 is 0 Å². The van der Waals surface area contributed by atoms with Crippen molar-refractivity contribution in [1.82, 2.24) is 4.98 Å². The number of nitriles is 1. The van der Waals surface area contributed by atoms with Gasteiger partial charge in [-0.25, -0.2) is 4.98 Å². The monoisotopic (exact) mass is 258 g/mol. The van der Waals surface area contributed by atoms with Crippen LogP contribution in [0.25, 0.3) is 0 Å². The Hall–Kier alpha value is -1.76. The summed E-state index contributed by atoms with van der Waals surface area (Å²) in [7, 11) is 0. The van der Waals surface area contributed by atoms with Crippen molar-refractivity contribution in [2.45, 2.75) is 39.0 Å². The summed E-state index contributed by atoms with van der Waals surface area (Å²) in [5.74, 6) is 2.37. The number of pyridine rings is 1. The van der Waals surface area contributed by atoms with Crippen LogP contribution < -0.4 is 11.1 Å². The largest absolute Gasteiger partial charge is 0.397 e. The first kappa shape index (κ1) is 13.7. The highest BCUT2D eigenvalue weighted by Gasteiger charge is 2.17. The summed E-state index contributed by atoms with van der Waals surface area (Å²) in [6.45, 7) is 3.22. The molecule has 1 saturated carbocycles. The van der Waals surface area contributed by atoms with E-state index in [1.54, 1.807) is 12.3 Å². The molecule has 0 spiro atoms. The molecular formula is C15H22N4. The number of rotatable bonds is 4. The van der Waals surface area contributed by atoms with Gasteiger partial charge in [-0.3, -0.25) is 0 Å². The van der Waals surface area contributed by atoms with Gasteiger partial charge in [0.05, 0.1) is 17.4 Å². The van der Waals surface area contributed by atoms with Crippen LogP contribution in [-0.2, 0) is 0 Å². The third kappa shape index (κ3) is 3.85. The molecule has 0 bridgehead atoms. The van der Waals surface area contributed by atoms with Gasteiger partial charge < -0.3 is 11.1 Å². The average molecular weight is 258 g/mol. The molecule has 1 aliphatic carbocycles. The second-order valence-electron chi connectivity index (χ2n) is 5.62. The number of nitrogens with zero attached hydrogens (tertiary/aromatic N) is 2. The molecule has 0 saturated heterocycles. The van der Waals surface area contributed by atoms with Crippen LogP contribution in [0.4, 0.5) is 11.5 Å². The van der Waals surface area contributed by atoms with E-state index in [1.807, 2.05) is 0 Å². The lowest BCUT2D eigenvalue weighted by molar-refractivity contribution is 0.282. The smallest absolute Gasteiger partial charge is 0.144 e. The van der Waals surface area contributed by atoms with Crippen LogP contribution in [0.5, 0.6) is 0 Å². The molecule has 0 atom stereocenters. The van der Waals surface area contributed by atoms with Crippen LogP contribution in [0.1, 0.15) is 44.6 Å². The highest BCUT2D eigenvalue weighted by atomic mass is 15.0. The molecule has 0 aliphatic heterocycles. The standard InChI is InChI=1S/C15H22N4/c1-11-2-4-12(5-3-11)6-7-18-15-13(9-16)8-14(17)10-19-15/h8,10-12H,2-7,17H2,1H3,(H,18,19). The van der Waals surface area contributed by atoms with Crippen LogP contribution in [0.15, 0.2) is 12.3 Å². The average Bonchev–Trinajstić information content (AvgIpc) is 2.42. The van der Waals surface area contributed by atoms with E-state index in [4.69, 9.17) is 11.0 Å². The SMILES string of the molecule is CC1CCC(CCNc2ncc(N)cc2C#N)CC1. The zero-order valence-corrected chi connectivity index (χ0v) is 11.5. The minimum Gasteiger partial charge on any atom is -0.397 e. The third-order valence-electron chi connectivity index (χ3n) is 4.01. The molecule has 1 aliphatic rings. The molecule has 0 amide bonds. The predicted molar refractivity (Wildman–Crippen MR) is 77.6 cm³/mol. The van der Waals surface area contributed by atoms with Gasteiger partial charge in [0, 0.05) is 6.54 Å². The van der Waals surface area contributed by atoms with E-state index in [9.17, 15) is 0 Å². The fourth-order valence-electron chi connectivity index (χ4n) is 2.72. The van der Waals surface area contributed by atoms with Crippen molar-refractivity contribution in [1.29, 1.82) is 5.26 Å². The number of nitrogen functional groups attached to an aromatic ring is 1. The fraction of sp³-hybridized carbons (Fsp3) is 0.600. The molecule has 2 rings (SSSR count). The van der Waals surface area contributed by atoms with Crippen LogP contribution in [0.3, 0.4) is 0 Å². The first-order valence-electron chi connectivity index (χ1n) is 7.08. The van der Waals surface area contributed by atoms with E-state index in [2.05, 4.69) is 23.3 Å². The van der Waals surface area contributed by atoms with E-state index in [-0.39, 0.29) is 0 Å². The van der Waals surface area contributed by atoms with E-state index in [0.29, 0.717) is 17.1 Å². The Bertz CT molecular complexity index is 456. The molecule has 3 N–H and O–H groups in total. The van der Waals surface area contributed by atoms with Gasteiger partial charge in [0.2, 0.25) is 0 Å². The zero-order valence-electron chi connectivity index (χ0n) is 11.5. The number of nitrogens with two attached hydrogens (primary N) is 1. The zero-order chi connectivity index (χ0) is 13.7. The van der Waals surface area contributed by atoms with Gasteiger partial charge in [-0.1, -0.05) is 32.6 Å². The summed E-state index contributed by atoms with van der Waals surface area (Å²) >= 11 is 0. The number of hydrogen-bond acceptors (Lipinski definition) is 4. The second kappa shape index (κ2) is 6.42. The van der Waals surface area contributed by atoms with Crippen molar-refractivity contribution in [3.05, 3.63) is 17.8 Å². The Morgan fingerprint density at radius 3 is 2.84 bits per heavy atom. The molecule has 1 aromatic heterocycles. The molecule has 102 valence electrons. The predicted octanol–water partition coefficient (Wildman–Crippen LogP) is 3.16. The van der Waals surface area contributed by atoms with Gasteiger partial charge in [-0.15, -0.1) is 0 Å². The van der Waals surface area contributed by atoms with Crippen molar-refractivity contribution >= 4 is 11.5 Å². The van der Waals surface area contributed by atoms with E-state index in [1.165, 1.54) is 25.7 Å². The second-order valence-corrected chi connectivity index (χ2v) is 5.62. The summed E-state index contributed by atoms with van der Waals surface area (Å²) in [6.07, 6.45) is 8.13. The van der Waals surface area contributed by atoms with E-state index >= 15 is 0 Å². The normalized spacial score (nSPS) is 22.7.